The lowest BCUT2D eigenvalue weighted by Gasteiger charge is -2.00. The Kier molecular flexibility index (Phi) is 2.08. The first kappa shape index (κ1) is 8.94. The molecule has 2 aromatic rings. The molecule has 3 heteroatoms. The zero-order valence-electron chi connectivity index (χ0n) is 8.46. The molecule has 14 heavy (non-hydrogen) atoms. The molecule has 2 rings (SSSR count). The minimum atomic E-state index is 0.912. The lowest BCUT2D eigenvalue weighted by atomic mass is 10.1. The van der Waals surface area contributed by atoms with Crippen molar-refractivity contribution in [2.45, 2.75) is 20.3 Å². The maximum Gasteiger partial charge on any atom is 0.111 e. The number of aryl methyl sites for hydroxylation is 1. The van der Waals surface area contributed by atoms with E-state index in [9.17, 15) is 0 Å². The summed E-state index contributed by atoms with van der Waals surface area (Å²) in [7, 11) is 0. The molecular formula is C11H13N3. The zero-order chi connectivity index (χ0) is 10.1. The number of hydrogen-bond donors (Lipinski definition) is 1. The lowest BCUT2D eigenvalue weighted by molar-refractivity contribution is 1.07. The molecular weight excluding hydrogens is 174 g/mol. The summed E-state index contributed by atoms with van der Waals surface area (Å²) in [6.07, 6.45) is 2.71. The van der Waals surface area contributed by atoms with Gasteiger partial charge in [-0.15, -0.1) is 0 Å². The fourth-order valence-electron chi connectivity index (χ4n) is 1.42. The van der Waals surface area contributed by atoms with Crippen LogP contribution in [-0.4, -0.2) is 15.2 Å². The molecule has 0 aliphatic carbocycles. The van der Waals surface area contributed by atoms with E-state index in [2.05, 4.69) is 28.7 Å². The van der Waals surface area contributed by atoms with Gasteiger partial charge in [0.05, 0.1) is 11.9 Å². The van der Waals surface area contributed by atoms with Crippen LogP contribution in [0.3, 0.4) is 0 Å². The molecule has 0 spiro atoms. The van der Waals surface area contributed by atoms with Crippen molar-refractivity contribution in [1.82, 2.24) is 15.2 Å². The number of aromatic nitrogens is 3. The molecule has 0 aliphatic heterocycles. The Labute approximate surface area is 82.9 Å². The van der Waals surface area contributed by atoms with Crippen LogP contribution >= 0.6 is 0 Å². The van der Waals surface area contributed by atoms with Crippen LogP contribution in [-0.2, 0) is 0 Å². The summed E-state index contributed by atoms with van der Waals surface area (Å²) < 4.78 is 0. The smallest absolute Gasteiger partial charge is 0.111 e. The van der Waals surface area contributed by atoms with Gasteiger partial charge in [-0.25, -0.2) is 0 Å². The van der Waals surface area contributed by atoms with E-state index in [0.29, 0.717) is 0 Å². The molecule has 0 bridgehead atoms. The average molecular weight is 187 g/mol. The second-order valence-electron chi connectivity index (χ2n) is 3.39. The first-order valence-corrected chi connectivity index (χ1v) is 4.71. The Morgan fingerprint density at radius 2 is 2.36 bits per heavy atom. The van der Waals surface area contributed by atoms with Crippen molar-refractivity contribution >= 4 is 16.5 Å². The first-order chi connectivity index (χ1) is 6.72. The molecule has 0 unspecified atom stereocenters. The Morgan fingerprint density at radius 1 is 1.57 bits per heavy atom. The molecule has 2 aromatic heterocycles. The number of nitrogens with zero attached hydrogens (tertiary/aromatic N) is 2. The number of H-pyrrole nitrogens is 1. The van der Waals surface area contributed by atoms with Gasteiger partial charge in [0.1, 0.15) is 5.52 Å². The number of rotatable bonds is 2. The van der Waals surface area contributed by atoms with E-state index in [1.54, 1.807) is 6.20 Å². The molecule has 3 nitrogen and oxygen atoms in total. The van der Waals surface area contributed by atoms with Gasteiger partial charge in [-0.3, -0.25) is 10.1 Å². The molecule has 0 radical (unpaired) electrons. The third-order valence-electron chi connectivity index (χ3n) is 2.42. The summed E-state index contributed by atoms with van der Waals surface area (Å²) in [5.74, 6) is 0. The quantitative estimate of drug-likeness (QED) is 0.785. The number of allylic oxidation sites excluding steroid dienone is 1. The predicted molar refractivity (Wildman–Crippen MR) is 58.0 cm³/mol. The number of aromatic amines is 1. The second kappa shape index (κ2) is 3.25. The summed E-state index contributed by atoms with van der Waals surface area (Å²) in [4.78, 5) is 4.31. The van der Waals surface area contributed by atoms with Crippen LogP contribution < -0.4 is 0 Å². The fourth-order valence-corrected chi connectivity index (χ4v) is 1.42. The maximum atomic E-state index is 4.31. The van der Waals surface area contributed by atoms with Crippen LogP contribution in [0.2, 0.25) is 0 Å². The number of hydrogen-bond acceptors (Lipinski definition) is 2. The zero-order valence-corrected chi connectivity index (χ0v) is 8.46. The van der Waals surface area contributed by atoms with Gasteiger partial charge in [0, 0.05) is 11.1 Å². The molecule has 0 saturated heterocycles. The lowest BCUT2D eigenvalue weighted by Crippen LogP contribution is -1.86. The van der Waals surface area contributed by atoms with Crippen molar-refractivity contribution in [2.24, 2.45) is 0 Å². The highest BCUT2D eigenvalue weighted by molar-refractivity contribution is 5.83. The van der Waals surface area contributed by atoms with Crippen LogP contribution in [0.1, 0.15) is 24.7 Å². The molecule has 0 saturated carbocycles. The van der Waals surface area contributed by atoms with E-state index in [1.807, 2.05) is 13.0 Å². The topological polar surface area (TPSA) is 41.6 Å². The summed E-state index contributed by atoms with van der Waals surface area (Å²) in [6, 6.07) is 2.04. The minimum absolute atomic E-state index is 0.912. The summed E-state index contributed by atoms with van der Waals surface area (Å²) in [5.41, 5.74) is 4.01. The van der Waals surface area contributed by atoms with Gasteiger partial charge in [-0.1, -0.05) is 13.5 Å². The molecule has 0 atom stereocenters. The highest BCUT2D eigenvalue weighted by Crippen LogP contribution is 2.20. The van der Waals surface area contributed by atoms with Crippen molar-refractivity contribution in [3.63, 3.8) is 0 Å². The predicted octanol–water partition coefficient (Wildman–Crippen LogP) is 2.69. The van der Waals surface area contributed by atoms with Gasteiger partial charge >= 0.3 is 0 Å². The van der Waals surface area contributed by atoms with Gasteiger partial charge in [0.2, 0.25) is 0 Å². The Hall–Kier alpha value is -1.64. The number of nitrogens with one attached hydrogen (secondary N) is 1. The van der Waals surface area contributed by atoms with Crippen LogP contribution in [0.25, 0.3) is 16.5 Å². The van der Waals surface area contributed by atoms with E-state index in [4.69, 9.17) is 0 Å². The minimum Gasteiger partial charge on any atom is -0.282 e. The molecule has 2 heterocycles. The first-order valence-electron chi connectivity index (χ1n) is 4.71. The molecule has 0 amide bonds. The van der Waals surface area contributed by atoms with E-state index >= 15 is 0 Å². The van der Waals surface area contributed by atoms with Crippen molar-refractivity contribution in [3.8, 4) is 0 Å². The fraction of sp³-hybridized carbons (Fsp3) is 0.273. The summed E-state index contributed by atoms with van der Waals surface area (Å²) in [6.45, 7) is 8.06. The third-order valence-corrected chi connectivity index (χ3v) is 2.42. The Morgan fingerprint density at radius 3 is 3.07 bits per heavy atom. The van der Waals surface area contributed by atoms with Crippen LogP contribution in [0.4, 0.5) is 0 Å². The highest BCUT2D eigenvalue weighted by Gasteiger charge is 2.04. The average Bonchev–Trinajstić information content (AvgIpc) is 2.59. The molecule has 0 fully saturated rings. The van der Waals surface area contributed by atoms with E-state index < -0.39 is 0 Å². The van der Waals surface area contributed by atoms with Crippen molar-refractivity contribution in [1.29, 1.82) is 0 Å². The van der Waals surface area contributed by atoms with Crippen LogP contribution in [0, 0.1) is 6.92 Å². The molecule has 1 N–H and O–H groups in total. The summed E-state index contributed by atoms with van der Waals surface area (Å²) >= 11 is 0. The molecule has 72 valence electrons. The van der Waals surface area contributed by atoms with Gasteiger partial charge < -0.3 is 0 Å². The Balaban J connectivity index is 2.60. The van der Waals surface area contributed by atoms with Crippen molar-refractivity contribution < 1.29 is 0 Å². The standard InChI is InChI=1S/C11H13N3/c1-4-7(2)10-5-9-8(3)13-14-11(9)6-12-10/h5-6H,2,4H2,1,3H3,(H,13,14). The molecule has 0 aromatic carbocycles. The van der Waals surface area contributed by atoms with E-state index in [-0.39, 0.29) is 0 Å². The number of pyridine rings is 1. The van der Waals surface area contributed by atoms with Crippen molar-refractivity contribution in [2.75, 3.05) is 0 Å². The monoisotopic (exact) mass is 187 g/mol. The normalized spacial score (nSPS) is 10.7. The number of fused-ring (bicyclic) bond motifs is 1. The van der Waals surface area contributed by atoms with Crippen LogP contribution in [0.15, 0.2) is 18.8 Å². The maximum absolute atomic E-state index is 4.31. The SMILES string of the molecule is C=C(CC)c1cc2c(C)[nH]nc2cn1. The third kappa shape index (κ3) is 1.31. The van der Waals surface area contributed by atoms with Crippen molar-refractivity contribution in [3.05, 3.63) is 30.2 Å². The second-order valence-corrected chi connectivity index (χ2v) is 3.39. The van der Waals surface area contributed by atoms with Crippen LogP contribution in [0.5, 0.6) is 0 Å². The highest BCUT2D eigenvalue weighted by atomic mass is 15.1. The van der Waals surface area contributed by atoms with Gasteiger partial charge in [-0.05, 0) is 25.0 Å². The van der Waals surface area contributed by atoms with E-state index in [0.717, 1.165) is 34.3 Å². The van der Waals surface area contributed by atoms with Gasteiger partial charge in [-0.2, -0.15) is 5.10 Å². The van der Waals surface area contributed by atoms with Gasteiger partial charge in [0.25, 0.3) is 0 Å². The molecule has 0 aliphatic rings. The Bertz CT molecular complexity index is 482. The largest absolute Gasteiger partial charge is 0.282 e. The van der Waals surface area contributed by atoms with Gasteiger partial charge in [0.15, 0.2) is 0 Å². The van der Waals surface area contributed by atoms with E-state index in [1.165, 1.54) is 0 Å². The summed E-state index contributed by atoms with van der Waals surface area (Å²) in [5, 5.41) is 8.20.